The van der Waals surface area contributed by atoms with E-state index in [1.807, 2.05) is 6.92 Å². The normalized spacial score (nSPS) is 21.3. The average molecular weight is 248 g/mol. The largest absolute Gasteiger partial charge is 0.354 e. The van der Waals surface area contributed by atoms with Crippen molar-refractivity contribution in [3.05, 3.63) is 23.4 Å². The lowest BCUT2D eigenvalue weighted by molar-refractivity contribution is 0.199. The monoisotopic (exact) mass is 248 g/mol. The minimum absolute atomic E-state index is 0.584. The Hall–Kier alpha value is -1.13. The van der Waals surface area contributed by atoms with E-state index in [1.165, 1.54) is 5.56 Å². The summed E-state index contributed by atoms with van der Waals surface area (Å²) in [5.74, 6) is 1.08. The molecule has 2 heterocycles. The minimum Gasteiger partial charge on any atom is -0.354 e. The van der Waals surface area contributed by atoms with Crippen LogP contribution in [0.4, 0.5) is 5.82 Å². The van der Waals surface area contributed by atoms with Crippen molar-refractivity contribution in [2.45, 2.75) is 33.4 Å². The van der Waals surface area contributed by atoms with Crippen LogP contribution in [0.15, 0.2) is 12.1 Å². The first kappa shape index (κ1) is 13.3. The van der Waals surface area contributed by atoms with E-state index >= 15 is 0 Å². The molecule has 4 nitrogen and oxygen atoms in total. The smallest absolute Gasteiger partial charge is 0.129 e. The number of rotatable bonds is 3. The molecule has 0 bridgehead atoms. The number of nitrogens with zero attached hydrogens (tertiary/aromatic N) is 3. The number of aryl methyl sites for hydroxylation is 1. The zero-order valence-electron chi connectivity index (χ0n) is 11.7. The maximum Gasteiger partial charge on any atom is 0.129 e. The zero-order chi connectivity index (χ0) is 13.1. The number of piperazine rings is 1. The quantitative estimate of drug-likeness (QED) is 0.878. The van der Waals surface area contributed by atoms with Crippen molar-refractivity contribution in [3.63, 3.8) is 0 Å². The van der Waals surface area contributed by atoms with Gasteiger partial charge in [-0.3, -0.25) is 4.90 Å². The molecule has 18 heavy (non-hydrogen) atoms. The minimum atomic E-state index is 0.584. The Kier molecular flexibility index (Phi) is 4.19. The van der Waals surface area contributed by atoms with Gasteiger partial charge in [0.15, 0.2) is 0 Å². The van der Waals surface area contributed by atoms with Crippen LogP contribution in [0.5, 0.6) is 0 Å². The third-order valence-electron chi connectivity index (χ3n) is 3.73. The van der Waals surface area contributed by atoms with Gasteiger partial charge in [0.25, 0.3) is 0 Å². The molecule has 2 N–H and O–H groups in total. The highest BCUT2D eigenvalue weighted by atomic mass is 15.3. The first-order valence-electron chi connectivity index (χ1n) is 6.80. The standard InChI is InChI=1S/C14H24N4/c1-4-17-5-6-18(10-12(17)3)14-8-13(9-15)7-11(2)16-14/h7-8,12H,4-6,9-10,15H2,1-3H3. The molecule has 0 amide bonds. The van der Waals surface area contributed by atoms with E-state index < -0.39 is 0 Å². The first-order valence-corrected chi connectivity index (χ1v) is 6.80. The van der Waals surface area contributed by atoms with E-state index in [2.05, 4.69) is 40.8 Å². The molecule has 1 fully saturated rings. The average Bonchev–Trinajstić information content (AvgIpc) is 2.37. The second-order valence-corrected chi connectivity index (χ2v) is 5.10. The Morgan fingerprint density at radius 3 is 2.78 bits per heavy atom. The van der Waals surface area contributed by atoms with Crippen LogP contribution in [0.25, 0.3) is 0 Å². The van der Waals surface area contributed by atoms with E-state index in [1.54, 1.807) is 0 Å². The first-order chi connectivity index (χ1) is 8.63. The summed E-state index contributed by atoms with van der Waals surface area (Å²) in [5.41, 5.74) is 7.96. The molecule has 0 saturated carbocycles. The summed E-state index contributed by atoms with van der Waals surface area (Å²) in [5, 5.41) is 0. The van der Waals surface area contributed by atoms with Crippen molar-refractivity contribution in [2.24, 2.45) is 5.73 Å². The van der Waals surface area contributed by atoms with E-state index in [0.717, 1.165) is 37.7 Å². The van der Waals surface area contributed by atoms with Gasteiger partial charge in [-0.25, -0.2) is 4.98 Å². The van der Waals surface area contributed by atoms with E-state index in [9.17, 15) is 0 Å². The van der Waals surface area contributed by atoms with Gasteiger partial charge in [-0.05, 0) is 38.1 Å². The summed E-state index contributed by atoms with van der Waals surface area (Å²) in [6.07, 6.45) is 0. The van der Waals surface area contributed by atoms with Gasteiger partial charge in [0.2, 0.25) is 0 Å². The van der Waals surface area contributed by atoms with E-state index in [0.29, 0.717) is 12.6 Å². The molecule has 1 aromatic rings. The number of aromatic nitrogens is 1. The summed E-state index contributed by atoms with van der Waals surface area (Å²) in [6, 6.07) is 4.78. The van der Waals surface area contributed by atoms with Gasteiger partial charge >= 0.3 is 0 Å². The molecule has 100 valence electrons. The summed E-state index contributed by atoms with van der Waals surface area (Å²) < 4.78 is 0. The topological polar surface area (TPSA) is 45.4 Å². The summed E-state index contributed by atoms with van der Waals surface area (Å²) in [6.45, 7) is 11.5. The molecule has 0 aliphatic carbocycles. The number of hydrogen-bond acceptors (Lipinski definition) is 4. The third kappa shape index (κ3) is 2.82. The Bertz CT molecular complexity index is 405. The van der Waals surface area contributed by atoms with Crippen molar-refractivity contribution in [1.82, 2.24) is 9.88 Å². The van der Waals surface area contributed by atoms with Crippen LogP contribution in [0.2, 0.25) is 0 Å². The molecule has 0 radical (unpaired) electrons. The highest BCUT2D eigenvalue weighted by Gasteiger charge is 2.23. The lowest BCUT2D eigenvalue weighted by atomic mass is 10.1. The second kappa shape index (κ2) is 5.67. The number of pyridine rings is 1. The van der Waals surface area contributed by atoms with Gasteiger partial charge in [-0.1, -0.05) is 6.92 Å². The van der Waals surface area contributed by atoms with Crippen molar-refractivity contribution in [3.8, 4) is 0 Å². The molecule has 4 heteroatoms. The van der Waals surface area contributed by atoms with Gasteiger partial charge in [-0.15, -0.1) is 0 Å². The fraction of sp³-hybridized carbons (Fsp3) is 0.643. The van der Waals surface area contributed by atoms with Crippen LogP contribution in [0, 0.1) is 6.92 Å². The Morgan fingerprint density at radius 2 is 2.17 bits per heavy atom. The summed E-state index contributed by atoms with van der Waals surface area (Å²) in [4.78, 5) is 9.53. The summed E-state index contributed by atoms with van der Waals surface area (Å²) in [7, 11) is 0. The van der Waals surface area contributed by atoms with Crippen LogP contribution in [-0.2, 0) is 6.54 Å². The Balaban J connectivity index is 2.15. The van der Waals surface area contributed by atoms with Gasteiger partial charge in [0, 0.05) is 37.9 Å². The second-order valence-electron chi connectivity index (χ2n) is 5.10. The molecule has 1 atom stereocenters. The highest BCUT2D eigenvalue weighted by Crippen LogP contribution is 2.19. The van der Waals surface area contributed by atoms with E-state index in [-0.39, 0.29) is 0 Å². The zero-order valence-corrected chi connectivity index (χ0v) is 11.7. The van der Waals surface area contributed by atoms with Gasteiger partial charge in [0.05, 0.1) is 0 Å². The predicted octanol–water partition coefficient (Wildman–Crippen LogP) is 1.38. The molecule has 1 aliphatic heterocycles. The Morgan fingerprint density at radius 1 is 1.39 bits per heavy atom. The molecule has 1 aromatic heterocycles. The third-order valence-corrected chi connectivity index (χ3v) is 3.73. The highest BCUT2D eigenvalue weighted by molar-refractivity contribution is 5.43. The lowest BCUT2D eigenvalue weighted by Gasteiger charge is -2.40. The van der Waals surface area contributed by atoms with Crippen LogP contribution in [0.3, 0.4) is 0 Å². The molecule has 0 aromatic carbocycles. The fourth-order valence-corrected chi connectivity index (χ4v) is 2.67. The van der Waals surface area contributed by atoms with Gasteiger partial charge in [-0.2, -0.15) is 0 Å². The molecule has 1 saturated heterocycles. The van der Waals surface area contributed by atoms with Crippen LogP contribution in [0.1, 0.15) is 25.1 Å². The molecular weight excluding hydrogens is 224 g/mol. The molecule has 2 rings (SSSR count). The van der Waals surface area contributed by atoms with Gasteiger partial charge in [0.1, 0.15) is 5.82 Å². The SMILES string of the molecule is CCN1CCN(c2cc(CN)cc(C)n2)CC1C. The van der Waals surface area contributed by atoms with Gasteiger partial charge < -0.3 is 10.6 Å². The maximum absolute atomic E-state index is 5.73. The van der Waals surface area contributed by atoms with Crippen molar-refractivity contribution in [2.75, 3.05) is 31.1 Å². The van der Waals surface area contributed by atoms with Crippen LogP contribution >= 0.6 is 0 Å². The van der Waals surface area contributed by atoms with Crippen molar-refractivity contribution >= 4 is 5.82 Å². The van der Waals surface area contributed by atoms with E-state index in [4.69, 9.17) is 5.73 Å². The van der Waals surface area contributed by atoms with Crippen molar-refractivity contribution < 1.29 is 0 Å². The number of hydrogen-bond donors (Lipinski definition) is 1. The van der Waals surface area contributed by atoms with Crippen LogP contribution in [-0.4, -0.2) is 42.1 Å². The summed E-state index contributed by atoms with van der Waals surface area (Å²) >= 11 is 0. The van der Waals surface area contributed by atoms with Crippen LogP contribution < -0.4 is 10.6 Å². The molecule has 1 aliphatic rings. The Labute approximate surface area is 110 Å². The predicted molar refractivity (Wildman–Crippen MR) is 75.8 cm³/mol. The number of nitrogens with two attached hydrogens (primary N) is 1. The molecular formula is C14H24N4. The molecule has 1 unspecified atom stereocenters. The number of likely N-dealkylation sites (N-methyl/N-ethyl adjacent to an activating group) is 1. The fourth-order valence-electron chi connectivity index (χ4n) is 2.67. The van der Waals surface area contributed by atoms with Crippen molar-refractivity contribution in [1.29, 1.82) is 0 Å². The lowest BCUT2D eigenvalue weighted by Crippen LogP contribution is -2.52. The maximum atomic E-state index is 5.73. The molecule has 0 spiro atoms. The number of anilines is 1.